The van der Waals surface area contributed by atoms with Crippen molar-refractivity contribution in [1.82, 2.24) is 5.32 Å². The minimum atomic E-state index is -1.42. The zero-order chi connectivity index (χ0) is 28.8. The van der Waals surface area contributed by atoms with E-state index in [2.05, 4.69) is 46.0 Å². The first kappa shape index (κ1) is 28.5. The molecule has 1 amide bonds. The molecule has 8 unspecified atom stereocenters. The lowest BCUT2D eigenvalue weighted by Gasteiger charge is -2.67. The zero-order valence-corrected chi connectivity index (χ0v) is 25.3. The van der Waals surface area contributed by atoms with Gasteiger partial charge in [-0.2, -0.15) is 5.26 Å². The monoisotopic (exact) mass is 536 g/mol. The van der Waals surface area contributed by atoms with Gasteiger partial charge < -0.3 is 10.1 Å². The Morgan fingerprint density at radius 1 is 1.08 bits per heavy atom. The van der Waals surface area contributed by atoms with Crippen LogP contribution in [0.3, 0.4) is 0 Å². The standard InChI is InChI=1S/C33H48N2O4/c1-9-35-27(38)32-15-13-28(4,5)18-21(32)24-22(36)17-23-29(6,26-33(19-34,39-26)25(37)20(2)3)11-10-12-30(23,7)31(24,8)14-16-32/h17,20-21,24,26H,9-16,18H2,1-8H3,(H,35,38). The number of ether oxygens (including phenoxy) is 1. The third-order valence-electron chi connectivity index (χ3n) is 12.4. The number of ketones is 2. The second kappa shape index (κ2) is 8.75. The lowest BCUT2D eigenvalue weighted by molar-refractivity contribution is -0.176. The molecule has 1 aliphatic heterocycles. The topological polar surface area (TPSA) is 99.6 Å². The summed E-state index contributed by atoms with van der Waals surface area (Å²) in [4.78, 5) is 41.3. The van der Waals surface area contributed by atoms with Crippen LogP contribution in [0.1, 0.15) is 107 Å². The van der Waals surface area contributed by atoms with E-state index in [-0.39, 0.29) is 51.5 Å². The van der Waals surface area contributed by atoms with Crippen molar-refractivity contribution < 1.29 is 19.1 Å². The molecule has 0 spiro atoms. The largest absolute Gasteiger partial charge is 0.356 e. The first-order chi connectivity index (χ1) is 18.1. The van der Waals surface area contributed by atoms with Gasteiger partial charge in [-0.05, 0) is 80.1 Å². The molecule has 0 bridgehead atoms. The fraction of sp³-hybridized carbons (Fsp3) is 0.818. The van der Waals surface area contributed by atoms with E-state index in [0.717, 1.165) is 56.9 Å². The molecule has 6 heteroatoms. The third-order valence-corrected chi connectivity index (χ3v) is 12.4. The molecule has 1 saturated heterocycles. The summed E-state index contributed by atoms with van der Waals surface area (Å²) in [7, 11) is 0. The van der Waals surface area contributed by atoms with Crippen molar-refractivity contribution in [2.45, 2.75) is 118 Å². The number of Topliss-reactive ketones (excluding diaryl/α,β-unsaturated/α-hetero) is 1. The third kappa shape index (κ3) is 3.63. The van der Waals surface area contributed by atoms with Gasteiger partial charge in [0.05, 0.1) is 5.41 Å². The maximum absolute atomic E-state index is 14.4. The van der Waals surface area contributed by atoms with Crippen LogP contribution in [-0.2, 0) is 19.1 Å². The van der Waals surface area contributed by atoms with Crippen LogP contribution >= 0.6 is 0 Å². The van der Waals surface area contributed by atoms with Crippen LogP contribution in [-0.4, -0.2) is 35.7 Å². The number of fused-ring (bicyclic) bond motifs is 5. The van der Waals surface area contributed by atoms with Gasteiger partial charge in [0.15, 0.2) is 11.6 Å². The van der Waals surface area contributed by atoms with E-state index < -0.39 is 22.5 Å². The lowest BCUT2D eigenvalue weighted by atomic mass is 9.36. The fourth-order valence-electron chi connectivity index (χ4n) is 9.95. The minimum Gasteiger partial charge on any atom is -0.356 e. The first-order valence-electron chi connectivity index (χ1n) is 15.3. The molecule has 1 heterocycles. The number of hydrogen-bond donors (Lipinski definition) is 1. The molecule has 1 N–H and O–H groups in total. The van der Waals surface area contributed by atoms with Crippen LogP contribution in [0.4, 0.5) is 0 Å². The van der Waals surface area contributed by atoms with E-state index in [1.54, 1.807) is 0 Å². The molecular formula is C33H48N2O4. The summed E-state index contributed by atoms with van der Waals surface area (Å²) in [6, 6.07) is 2.24. The highest BCUT2D eigenvalue weighted by atomic mass is 16.6. The number of allylic oxidation sites excluding steroid dienone is 1. The van der Waals surface area contributed by atoms with Crippen molar-refractivity contribution in [3.8, 4) is 6.07 Å². The highest BCUT2D eigenvalue weighted by Crippen LogP contribution is 2.74. The molecule has 3 saturated carbocycles. The smallest absolute Gasteiger partial charge is 0.240 e. The molecule has 39 heavy (non-hydrogen) atoms. The summed E-state index contributed by atoms with van der Waals surface area (Å²) in [6.07, 6.45) is 8.39. The molecule has 4 aliphatic carbocycles. The Bertz CT molecular complexity index is 1180. The van der Waals surface area contributed by atoms with E-state index in [1.165, 1.54) is 0 Å². The van der Waals surface area contributed by atoms with E-state index in [9.17, 15) is 19.6 Å². The summed E-state index contributed by atoms with van der Waals surface area (Å²) in [5.41, 5.74) is -1.91. The summed E-state index contributed by atoms with van der Waals surface area (Å²) < 4.78 is 6.09. The molecule has 4 fully saturated rings. The second-order valence-electron chi connectivity index (χ2n) is 15.3. The number of epoxide rings is 1. The van der Waals surface area contributed by atoms with Crippen LogP contribution in [0.5, 0.6) is 0 Å². The van der Waals surface area contributed by atoms with Crippen molar-refractivity contribution in [2.24, 2.45) is 44.8 Å². The van der Waals surface area contributed by atoms with E-state index in [1.807, 2.05) is 26.8 Å². The Kier molecular flexibility index (Phi) is 6.40. The Hall–Kier alpha value is -2.00. The summed E-state index contributed by atoms with van der Waals surface area (Å²) >= 11 is 0. The number of nitrogens with one attached hydrogen (secondary N) is 1. The number of carbonyl (C=O) groups is 3. The number of carbonyl (C=O) groups excluding carboxylic acids is 3. The zero-order valence-electron chi connectivity index (χ0n) is 25.3. The van der Waals surface area contributed by atoms with Crippen molar-refractivity contribution in [1.29, 1.82) is 5.26 Å². The van der Waals surface area contributed by atoms with Crippen LogP contribution in [0, 0.1) is 56.2 Å². The van der Waals surface area contributed by atoms with Crippen molar-refractivity contribution in [2.75, 3.05) is 6.54 Å². The highest BCUT2D eigenvalue weighted by molar-refractivity contribution is 5.98. The Morgan fingerprint density at radius 2 is 1.74 bits per heavy atom. The summed E-state index contributed by atoms with van der Waals surface area (Å²) in [5, 5.41) is 13.3. The van der Waals surface area contributed by atoms with E-state index in [0.29, 0.717) is 6.54 Å². The predicted octanol–water partition coefficient (Wildman–Crippen LogP) is 5.94. The highest BCUT2D eigenvalue weighted by Gasteiger charge is 2.75. The number of nitriles is 1. The van der Waals surface area contributed by atoms with Crippen LogP contribution < -0.4 is 5.32 Å². The summed E-state index contributed by atoms with van der Waals surface area (Å²) in [6.45, 7) is 17.5. The maximum atomic E-state index is 14.4. The van der Waals surface area contributed by atoms with Gasteiger partial charge in [-0.3, -0.25) is 14.4 Å². The number of hydrogen-bond acceptors (Lipinski definition) is 5. The summed E-state index contributed by atoms with van der Waals surface area (Å²) in [5.74, 6) is -0.419. The van der Waals surface area contributed by atoms with Gasteiger partial charge in [0.25, 0.3) is 0 Å². The molecule has 0 aromatic heterocycles. The first-order valence-corrected chi connectivity index (χ1v) is 15.3. The van der Waals surface area contributed by atoms with Crippen LogP contribution in [0.15, 0.2) is 11.6 Å². The number of amides is 1. The molecule has 214 valence electrons. The molecule has 5 aliphatic rings. The Balaban J connectivity index is 1.61. The lowest BCUT2D eigenvalue weighted by Crippen LogP contribution is -2.65. The van der Waals surface area contributed by atoms with Gasteiger partial charge in [-0.15, -0.1) is 0 Å². The molecule has 0 aromatic carbocycles. The van der Waals surface area contributed by atoms with Crippen LogP contribution in [0.2, 0.25) is 0 Å². The van der Waals surface area contributed by atoms with Gasteiger partial charge in [0.2, 0.25) is 11.5 Å². The normalized spacial score (nSPS) is 46.2. The molecular weight excluding hydrogens is 488 g/mol. The van der Waals surface area contributed by atoms with Gasteiger partial charge >= 0.3 is 0 Å². The minimum absolute atomic E-state index is 0.000231. The number of nitrogens with zero attached hydrogens (tertiary/aromatic N) is 1. The Labute approximate surface area is 234 Å². The van der Waals surface area contributed by atoms with Gasteiger partial charge in [-0.1, -0.05) is 60.5 Å². The van der Waals surface area contributed by atoms with Gasteiger partial charge in [0, 0.05) is 23.8 Å². The number of rotatable bonds is 5. The van der Waals surface area contributed by atoms with E-state index in [4.69, 9.17) is 4.74 Å². The quantitative estimate of drug-likeness (QED) is 0.438. The fourth-order valence-corrected chi connectivity index (χ4v) is 9.95. The van der Waals surface area contributed by atoms with Gasteiger partial charge in [-0.25, -0.2) is 0 Å². The molecule has 8 atom stereocenters. The van der Waals surface area contributed by atoms with Crippen molar-refractivity contribution in [3.05, 3.63) is 11.6 Å². The predicted molar refractivity (Wildman–Crippen MR) is 149 cm³/mol. The average Bonchev–Trinajstić information content (AvgIpc) is 3.62. The van der Waals surface area contributed by atoms with Gasteiger partial charge in [0.1, 0.15) is 12.2 Å². The molecule has 6 nitrogen and oxygen atoms in total. The average molecular weight is 537 g/mol. The molecule has 0 radical (unpaired) electrons. The molecule has 5 rings (SSSR count). The maximum Gasteiger partial charge on any atom is 0.240 e. The Morgan fingerprint density at radius 3 is 2.36 bits per heavy atom. The second-order valence-corrected chi connectivity index (χ2v) is 15.3. The SMILES string of the molecule is CCNC(=O)C12CCC(C)(C)CC1C1C(=O)C=C3C(C)(C4OC4(C#N)C(=O)C(C)C)CCCC3(C)C1(C)CC2. The van der Waals surface area contributed by atoms with Crippen molar-refractivity contribution in [3.63, 3.8) is 0 Å². The van der Waals surface area contributed by atoms with E-state index >= 15 is 0 Å². The van der Waals surface area contributed by atoms with Crippen LogP contribution in [0.25, 0.3) is 0 Å². The molecule has 0 aromatic rings. The van der Waals surface area contributed by atoms with Crippen molar-refractivity contribution >= 4 is 17.5 Å².